The molecular formula is C17H26N2. The van der Waals surface area contributed by atoms with Crippen LogP contribution in [0.3, 0.4) is 0 Å². The van der Waals surface area contributed by atoms with Gasteiger partial charge in [0.1, 0.15) is 0 Å². The van der Waals surface area contributed by atoms with Crippen LogP contribution in [0.15, 0.2) is 30.3 Å². The fourth-order valence-corrected chi connectivity index (χ4v) is 2.78. The summed E-state index contributed by atoms with van der Waals surface area (Å²) in [6.45, 7) is 3.80. The van der Waals surface area contributed by atoms with Crippen molar-refractivity contribution in [2.24, 2.45) is 17.6 Å². The van der Waals surface area contributed by atoms with Crippen molar-refractivity contribution < 1.29 is 0 Å². The van der Waals surface area contributed by atoms with Gasteiger partial charge < -0.3 is 10.6 Å². The van der Waals surface area contributed by atoms with E-state index in [-0.39, 0.29) is 6.04 Å². The highest BCUT2D eigenvalue weighted by Gasteiger charge is 2.29. The predicted octanol–water partition coefficient (Wildman–Crippen LogP) is 3.20. The molecule has 2 nitrogen and oxygen atoms in total. The predicted molar refractivity (Wildman–Crippen MR) is 79.9 cm³/mol. The van der Waals surface area contributed by atoms with Gasteiger partial charge in [0.05, 0.1) is 0 Å². The van der Waals surface area contributed by atoms with E-state index in [4.69, 9.17) is 5.73 Å². The molecule has 1 aromatic rings. The van der Waals surface area contributed by atoms with E-state index < -0.39 is 0 Å². The Kier molecular flexibility index (Phi) is 4.19. The van der Waals surface area contributed by atoms with Gasteiger partial charge in [-0.1, -0.05) is 30.3 Å². The van der Waals surface area contributed by atoms with E-state index in [1.54, 1.807) is 0 Å². The van der Waals surface area contributed by atoms with Crippen molar-refractivity contribution in [3.8, 4) is 0 Å². The van der Waals surface area contributed by atoms with Crippen LogP contribution in [0.1, 0.15) is 43.7 Å². The van der Waals surface area contributed by atoms with Crippen LogP contribution in [0.2, 0.25) is 0 Å². The third-order valence-corrected chi connectivity index (χ3v) is 4.41. The number of benzene rings is 1. The molecule has 2 heteroatoms. The van der Waals surface area contributed by atoms with E-state index in [9.17, 15) is 0 Å². The second-order valence-electron chi connectivity index (χ2n) is 6.45. The van der Waals surface area contributed by atoms with Crippen molar-refractivity contribution in [1.82, 2.24) is 4.90 Å². The first kappa shape index (κ1) is 13.1. The highest BCUT2D eigenvalue weighted by atomic mass is 15.1. The quantitative estimate of drug-likeness (QED) is 0.776. The van der Waals surface area contributed by atoms with Gasteiger partial charge in [0.15, 0.2) is 0 Å². The Morgan fingerprint density at radius 3 is 2.11 bits per heavy atom. The van der Waals surface area contributed by atoms with Gasteiger partial charge in [-0.15, -0.1) is 0 Å². The summed E-state index contributed by atoms with van der Waals surface area (Å²) in [5, 5.41) is 0. The minimum atomic E-state index is 0.196. The maximum Gasteiger partial charge on any atom is 0.0307 e. The molecule has 0 bridgehead atoms. The Labute approximate surface area is 117 Å². The first-order valence-corrected chi connectivity index (χ1v) is 7.84. The van der Waals surface area contributed by atoms with E-state index in [2.05, 4.69) is 35.2 Å². The molecule has 0 radical (unpaired) electrons. The molecule has 1 atom stereocenters. The van der Waals surface area contributed by atoms with Gasteiger partial charge in [0.2, 0.25) is 0 Å². The molecule has 2 saturated carbocycles. The zero-order valence-corrected chi connectivity index (χ0v) is 11.8. The van der Waals surface area contributed by atoms with Crippen molar-refractivity contribution in [1.29, 1.82) is 0 Å². The Bertz CT molecular complexity index is 368. The van der Waals surface area contributed by atoms with Crippen LogP contribution in [0, 0.1) is 11.8 Å². The summed E-state index contributed by atoms with van der Waals surface area (Å²) in [6, 6.07) is 10.7. The fourth-order valence-electron chi connectivity index (χ4n) is 2.78. The highest BCUT2D eigenvalue weighted by molar-refractivity contribution is 5.18. The Morgan fingerprint density at radius 2 is 1.58 bits per heavy atom. The molecule has 0 heterocycles. The molecule has 0 saturated heterocycles. The molecule has 19 heavy (non-hydrogen) atoms. The number of rotatable bonds is 8. The van der Waals surface area contributed by atoms with Gasteiger partial charge in [-0.25, -0.2) is 0 Å². The molecule has 0 spiro atoms. The van der Waals surface area contributed by atoms with Gasteiger partial charge in [0.25, 0.3) is 0 Å². The first-order chi connectivity index (χ1) is 9.31. The van der Waals surface area contributed by atoms with Crippen LogP contribution in [0.4, 0.5) is 0 Å². The maximum atomic E-state index is 6.31. The zero-order valence-electron chi connectivity index (χ0n) is 11.8. The smallest absolute Gasteiger partial charge is 0.0307 e. The minimum absolute atomic E-state index is 0.196. The number of hydrogen-bond donors (Lipinski definition) is 1. The highest BCUT2D eigenvalue weighted by Crippen LogP contribution is 2.34. The molecule has 0 aliphatic heterocycles. The van der Waals surface area contributed by atoms with Crippen molar-refractivity contribution in [2.45, 2.75) is 38.1 Å². The molecule has 104 valence electrons. The zero-order chi connectivity index (χ0) is 13.1. The van der Waals surface area contributed by atoms with Crippen LogP contribution >= 0.6 is 0 Å². The lowest BCUT2D eigenvalue weighted by molar-refractivity contribution is 0.243. The molecule has 2 N–H and O–H groups in total. The van der Waals surface area contributed by atoms with Gasteiger partial charge in [-0.05, 0) is 56.0 Å². The lowest BCUT2D eigenvalue weighted by Gasteiger charge is -2.24. The Morgan fingerprint density at radius 1 is 1.00 bits per heavy atom. The molecule has 0 amide bonds. The number of nitrogens with two attached hydrogens (primary N) is 1. The standard InChI is InChI=1S/C17H26N2/c18-17(16-4-2-1-3-5-16)10-11-19(12-14-6-7-14)13-15-8-9-15/h1-5,14-15,17H,6-13,18H2. The first-order valence-electron chi connectivity index (χ1n) is 7.84. The van der Waals surface area contributed by atoms with Gasteiger partial charge in [-0.2, -0.15) is 0 Å². The van der Waals surface area contributed by atoms with E-state index in [0.717, 1.165) is 18.3 Å². The molecule has 2 aliphatic rings. The molecule has 3 rings (SSSR count). The van der Waals surface area contributed by atoms with Crippen LogP contribution in [0.5, 0.6) is 0 Å². The average Bonchev–Trinajstić information content (AvgIpc) is 3.32. The number of nitrogens with zero attached hydrogens (tertiary/aromatic N) is 1. The summed E-state index contributed by atoms with van der Waals surface area (Å²) in [5.74, 6) is 1.98. The minimum Gasteiger partial charge on any atom is -0.324 e. The second-order valence-corrected chi connectivity index (χ2v) is 6.45. The van der Waals surface area contributed by atoms with Crippen molar-refractivity contribution in [3.63, 3.8) is 0 Å². The molecule has 1 aromatic carbocycles. The Hall–Kier alpha value is -0.860. The third-order valence-electron chi connectivity index (χ3n) is 4.41. The summed E-state index contributed by atoms with van der Waals surface area (Å²) in [5.41, 5.74) is 7.59. The number of hydrogen-bond acceptors (Lipinski definition) is 2. The van der Waals surface area contributed by atoms with Gasteiger partial charge >= 0.3 is 0 Å². The Balaban J connectivity index is 1.47. The van der Waals surface area contributed by atoms with Gasteiger partial charge in [0, 0.05) is 19.1 Å². The molecule has 2 fully saturated rings. The van der Waals surface area contributed by atoms with E-state index in [1.165, 1.54) is 50.9 Å². The summed E-state index contributed by atoms with van der Waals surface area (Å²) >= 11 is 0. The molecule has 1 unspecified atom stereocenters. The van der Waals surface area contributed by atoms with Crippen molar-refractivity contribution in [3.05, 3.63) is 35.9 Å². The van der Waals surface area contributed by atoms with E-state index in [1.807, 2.05) is 0 Å². The molecule has 0 aromatic heterocycles. The van der Waals surface area contributed by atoms with E-state index in [0.29, 0.717) is 0 Å². The normalized spacial score (nSPS) is 20.7. The lowest BCUT2D eigenvalue weighted by Crippen LogP contribution is -2.31. The van der Waals surface area contributed by atoms with Crippen LogP contribution in [-0.2, 0) is 0 Å². The van der Waals surface area contributed by atoms with Crippen LogP contribution in [0.25, 0.3) is 0 Å². The third kappa shape index (κ3) is 4.32. The lowest BCUT2D eigenvalue weighted by atomic mass is 10.0. The molecule has 2 aliphatic carbocycles. The summed E-state index contributed by atoms with van der Waals surface area (Å²) in [4.78, 5) is 2.68. The largest absolute Gasteiger partial charge is 0.324 e. The second kappa shape index (κ2) is 6.06. The summed E-state index contributed by atoms with van der Waals surface area (Å²) in [7, 11) is 0. The summed E-state index contributed by atoms with van der Waals surface area (Å²) < 4.78 is 0. The summed E-state index contributed by atoms with van der Waals surface area (Å²) in [6.07, 6.45) is 6.89. The van der Waals surface area contributed by atoms with Crippen molar-refractivity contribution in [2.75, 3.05) is 19.6 Å². The average molecular weight is 258 g/mol. The van der Waals surface area contributed by atoms with Crippen LogP contribution < -0.4 is 5.73 Å². The SMILES string of the molecule is NC(CCN(CC1CC1)CC1CC1)c1ccccc1. The van der Waals surface area contributed by atoms with Crippen LogP contribution in [-0.4, -0.2) is 24.5 Å². The molecular weight excluding hydrogens is 232 g/mol. The van der Waals surface area contributed by atoms with Gasteiger partial charge in [-0.3, -0.25) is 0 Å². The maximum absolute atomic E-state index is 6.31. The monoisotopic (exact) mass is 258 g/mol. The topological polar surface area (TPSA) is 29.3 Å². The van der Waals surface area contributed by atoms with Crippen molar-refractivity contribution >= 4 is 0 Å². The van der Waals surface area contributed by atoms with E-state index >= 15 is 0 Å². The fraction of sp³-hybridized carbons (Fsp3) is 0.647.